The smallest absolute Gasteiger partial charge is 0.257 e. The second-order valence-corrected chi connectivity index (χ2v) is 4.49. The van der Waals surface area contributed by atoms with Gasteiger partial charge in [0, 0.05) is 11.3 Å². The maximum absolute atomic E-state index is 12.1. The van der Waals surface area contributed by atoms with Crippen LogP contribution in [0.15, 0.2) is 42.5 Å². The fourth-order valence-electron chi connectivity index (χ4n) is 1.67. The first-order valence-electron chi connectivity index (χ1n) is 5.74. The van der Waals surface area contributed by atoms with E-state index in [2.05, 4.69) is 5.32 Å². The second kappa shape index (κ2) is 5.63. The van der Waals surface area contributed by atoms with Crippen molar-refractivity contribution in [2.45, 2.75) is 0 Å². The first kappa shape index (κ1) is 13.9. The molecule has 0 aliphatic heterocycles. The van der Waals surface area contributed by atoms with Crippen LogP contribution in [-0.4, -0.2) is 11.8 Å². The summed E-state index contributed by atoms with van der Waals surface area (Å²) in [4.78, 5) is 23.2. The highest BCUT2D eigenvalue weighted by molar-refractivity contribution is 6.36. The summed E-state index contributed by atoms with van der Waals surface area (Å²) in [6.07, 6.45) is 0. The summed E-state index contributed by atoms with van der Waals surface area (Å²) in [7, 11) is 0. The zero-order chi connectivity index (χ0) is 14.7. The van der Waals surface area contributed by atoms with Crippen LogP contribution >= 0.6 is 11.6 Å². The molecule has 0 fully saturated rings. The summed E-state index contributed by atoms with van der Waals surface area (Å²) < 4.78 is 0. The zero-order valence-corrected chi connectivity index (χ0v) is 11.1. The number of nitrogen functional groups attached to an aromatic ring is 1. The van der Waals surface area contributed by atoms with Gasteiger partial charge in [-0.1, -0.05) is 23.7 Å². The Morgan fingerprint density at radius 1 is 1.10 bits per heavy atom. The Kier molecular flexibility index (Phi) is 3.91. The van der Waals surface area contributed by atoms with Crippen LogP contribution in [0, 0.1) is 0 Å². The minimum absolute atomic E-state index is 0.191. The molecule has 0 saturated heterocycles. The number of primary amides is 1. The third kappa shape index (κ3) is 2.89. The number of halogens is 1. The molecule has 2 aromatic carbocycles. The maximum atomic E-state index is 12.1. The SMILES string of the molecule is NC(=O)c1cccc(NC(=O)c2cccc(N)c2Cl)c1. The summed E-state index contributed by atoms with van der Waals surface area (Å²) in [5.74, 6) is -0.980. The Bertz CT molecular complexity index is 686. The molecule has 2 aromatic rings. The number of benzene rings is 2. The average Bonchev–Trinajstić information content (AvgIpc) is 2.42. The van der Waals surface area contributed by atoms with Crippen LogP contribution in [0.3, 0.4) is 0 Å². The Labute approximate surface area is 120 Å². The van der Waals surface area contributed by atoms with E-state index < -0.39 is 11.8 Å². The molecule has 5 nitrogen and oxygen atoms in total. The van der Waals surface area contributed by atoms with Crippen LogP contribution in [-0.2, 0) is 0 Å². The summed E-state index contributed by atoms with van der Waals surface area (Å²) in [6, 6.07) is 11.1. The van der Waals surface area contributed by atoms with Crippen molar-refractivity contribution in [2.75, 3.05) is 11.1 Å². The van der Waals surface area contributed by atoms with Gasteiger partial charge in [-0.25, -0.2) is 0 Å². The van der Waals surface area contributed by atoms with Crippen molar-refractivity contribution < 1.29 is 9.59 Å². The Balaban J connectivity index is 2.26. The molecule has 5 N–H and O–H groups in total. The summed E-state index contributed by atoms with van der Waals surface area (Å²) in [5.41, 5.74) is 12.2. The lowest BCUT2D eigenvalue weighted by atomic mass is 10.1. The predicted octanol–water partition coefficient (Wildman–Crippen LogP) is 2.27. The van der Waals surface area contributed by atoms with Crippen molar-refractivity contribution >= 4 is 34.8 Å². The highest BCUT2D eigenvalue weighted by Gasteiger charge is 2.12. The number of carbonyl (C=O) groups is 2. The van der Waals surface area contributed by atoms with Gasteiger partial charge in [-0.3, -0.25) is 9.59 Å². The highest BCUT2D eigenvalue weighted by atomic mass is 35.5. The van der Waals surface area contributed by atoms with E-state index in [9.17, 15) is 9.59 Å². The molecule has 20 heavy (non-hydrogen) atoms. The van der Waals surface area contributed by atoms with Crippen molar-refractivity contribution in [2.24, 2.45) is 5.73 Å². The molecule has 102 valence electrons. The molecule has 0 atom stereocenters. The monoisotopic (exact) mass is 289 g/mol. The fraction of sp³-hybridized carbons (Fsp3) is 0. The molecule has 0 spiro atoms. The molecule has 0 aliphatic carbocycles. The molecule has 2 rings (SSSR count). The number of anilines is 2. The molecule has 0 heterocycles. The maximum Gasteiger partial charge on any atom is 0.257 e. The third-order valence-electron chi connectivity index (χ3n) is 2.68. The van der Waals surface area contributed by atoms with E-state index in [4.69, 9.17) is 23.1 Å². The highest BCUT2D eigenvalue weighted by Crippen LogP contribution is 2.24. The van der Waals surface area contributed by atoms with Crippen molar-refractivity contribution in [3.8, 4) is 0 Å². The number of amides is 2. The van der Waals surface area contributed by atoms with Gasteiger partial charge in [0.15, 0.2) is 0 Å². The molecular formula is C14H12ClN3O2. The van der Waals surface area contributed by atoms with Crippen molar-refractivity contribution in [3.05, 3.63) is 58.6 Å². The van der Waals surface area contributed by atoms with Gasteiger partial charge in [-0.2, -0.15) is 0 Å². The summed E-state index contributed by atoms with van der Waals surface area (Å²) >= 11 is 5.98. The Morgan fingerprint density at radius 2 is 1.80 bits per heavy atom. The molecule has 0 saturated carbocycles. The van der Waals surface area contributed by atoms with Gasteiger partial charge in [0.25, 0.3) is 5.91 Å². The predicted molar refractivity (Wildman–Crippen MR) is 78.8 cm³/mol. The second-order valence-electron chi connectivity index (χ2n) is 4.11. The molecular weight excluding hydrogens is 278 g/mol. The van der Waals surface area contributed by atoms with Crippen LogP contribution in [0.5, 0.6) is 0 Å². The minimum atomic E-state index is -0.567. The van der Waals surface area contributed by atoms with E-state index in [1.54, 1.807) is 36.4 Å². The van der Waals surface area contributed by atoms with Gasteiger partial charge in [0.2, 0.25) is 5.91 Å². The quantitative estimate of drug-likeness (QED) is 0.756. The van der Waals surface area contributed by atoms with Crippen molar-refractivity contribution in [1.82, 2.24) is 0 Å². The third-order valence-corrected chi connectivity index (χ3v) is 3.10. The topological polar surface area (TPSA) is 98.2 Å². The van der Waals surface area contributed by atoms with Gasteiger partial charge in [-0.15, -0.1) is 0 Å². The van der Waals surface area contributed by atoms with Gasteiger partial charge in [0.05, 0.1) is 16.3 Å². The van der Waals surface area contributed by atoms with Crippen molar-refractivity contribution in [3.63, 3.8) is 0 Å². The zero-order valence-electron chi connectivity index (χ0n) is 10.4. The standard InChI is InChI=1S/C14H12ClN3O2/c15-12-10(5-2-6-11(12)16)14(20)18-9-4-1-3-8(7-9)13(17)19/h1-7H,16H2,(H2,17,19)(H,18,20). The molecule has 2 amide bonds. The normalized spacial score (nSPS) is 10.1. The Morgan fingerprint density at radius 3 is 2.50 bits per heavy atom. The van der Waals surface area contributed by atoms with E-state index >= 15 is 0 Å². The van der Waals surface area contributed by atoms with E-state index in [1.807, 2.05) is 0 Å². The number of nitrogens with two attached hydrogens (primary N) is 2. The molecule has 0 radical (unpaired) electrons. The van der Waals surface area contributed by atoms with E-state index in [0.29, 0.717) is 16.9 Å². The Hall–Kier alpha value is -2.53. The van der Waals surface area contributed by atoms with E-state index in [1.165, 1.54) is 6.07 Å². The summed E-state index contributed by atoms with van der Waals surface area (Å²) in [5, 5.41) is 2.83. The number of hydrogen-bond acceptors (Lipinski definition) is 3. The first-order chi connectivity index (χ1) is 9.49. The molecule has 0 unspecified atom stereocenters. The first-order valence-corrected chi connectivity index (χ1v) is 6.12. The molecule has 0 bridgehead atoms. The van der Waals surface area contributed by atoms with Gasteiger partial charge in [0.1, 0.15) is 0 Å². The van der Waals surface area contributed by atoms with E-state index in [0.717, 1.165) is 0 Å². The minimum Gasteiger partial charge on any atom is -0.398 e. The van der Waals surface area contributed by atoms with E-state index in [-0.39, 0.29) is 10.6 Å². The molecule has 0 aromatic heterocycles. The largest absolute Gasteiger partial charge is 0.398 e. The van der Waals surface area contributed by atoms with Crippen LogP contribution in [0.2, 0.25) is 5.02 Å². The lowest BCUT2D eigenvalue weighted by Gasteiger charge is -2.08. The summed E-state index contributed by atoms with van der Waals surface area (Å²) in [6.45, 7) is 0. The lowest BCUT2D eigenvalue weighted by molar-refractivity contribution is 0.0996. The van der Waals surface area contributed by atoms with Gasteiger partial charge in [-0.05, 0) is 30.3 Å². The number of nitrogens with one attached hydrogen (secondary N) is 1. The van der Waals surface area contributed by atoms with Gasteiger partial charge >= 0.3 is 0 Å². The van der Waals surface area contributed by atoms with Crippen molar-refractivity contribution in [1.29, 1.82) is 0 Å². The van der Waals surface area contributed by atoms with Crippen LogP contribution < -0.4 is 16.8 Å². The number of rotatable bonds is 3. The average molecular weight is 290 g/mol. The van der Waals surface area contributed by atoms with Gasteiger partial charge < -0.3 is 16.8 Å². The lowest BCUT2D eigenvalue weighted by Crippen LogP contribution is -2.15. The fourth-order valence-corrected chi connectivity index (χ4v) is 1.89. The molecule has 0 aliphatic rings. The number of hydrogen-bond donors (Lipinski definition) is 3. The van der Waals surface area contributed by atoms with Crippen LogP contribution in [0.1, 0.15) is 20.7 Å². The van der Waals surface area contributed by atoms with Crippen LogP contribution in [0.25, 0.3) is 0 Å². The van der Waals surface area contributed by atoms with Crippen LogP contribution in [0.4, 0.5) is 11.4 Å². The number of carbonyl (C=O) groups excluding carboxylic acids is 2. The molecule has 6 heteroatoms.